The molecule has 3 rings (SSSR count). The molecule has 0 bridgehead atoms. The molecule has 1 aromatic carbocycles. The van der Waals surface area contributed by atoms with Gasteiger partial charge in [0, 0.05) is 31.2 Å². The van der Waals surface area contributed by atoms with Crippen LogP contribution < -0.4 is 39.9 Å². The molecule has 23 heavy (non-hydrogen) atoms. The quantitative estimate of drug-likeness (QED) is 0.777. The van der Waals surface area contributed by atoms with Gasteiger partial charge in [-0.15, -0.1) is 0 Å². The molecule has 0 atom stereocenters. The van der Waals surface area contributed by atoms with Crippen LogP contribution >= 0.6 is 0 Å². The monoisotopic (exact) mass is 328 g/mol. The van der Waals surface area contributed by atoms with E-state index in [4.69, 9.17) is 5.11 Å². The minimum absolute atomic E-state index is 0. The Morgan fingerprint density at radius 1 is 1.35 bits per heavy atom. The Hall–Kier alpha value is -1.37. The summed E-state index contributed by atoms with van der Waals surface area (Å²) in [5.41, 5.74) is 0.0808. The first-order chi connectivity index (χ1) is 10.5. The van der Waals surface area contributed by atoms with Crippen LogP contribution in [-0.4, -0.2) is 28.7 Å². The number of fused-ring (bicyclic) bond motifs is 1. The van der Waals surface area contributed by atoms with Crippen LogP contribution in [0.2, 0.25) is 0 Å². The molecule has 7 heteroatoms. The summed E-state index contributed by atoms with van der Waals surface area (Å²) in [4.78, 5) is 25.4. The fraction of sp³-hybridized carbons (Fsp3) is 0.375. The zero-order valence-electron chi connectivity index (χ0n) is 14.3. The van der Waals surface area contributed by atoms with Crippen LogP contribution in [0.5, 0.6) is 0 Å². The summed E-state index contributed by atoms with van der Waals surface area (Å²) in [6, 6.07) is 2.83. The van der Waals surface area contributed by atoms with Gasteiger partial charge in [-0.25, -0.2) is 9.18 Å². The Bertz CT molecular complexity index is 819. The second-order valence-electron chi connectivity index (χ2n) is 5.48. The Labute approximate surface area is 156 Å². The number of hydrogen-bond donors (Lipinski definition) is 1. The SMILES string of the molecule is CCn1cc(C(=O)O)c(=O)c2cc(F)c(N3CCCC3)cc21.[H-].[Na+]. The average Bonchev–Trinajstić information content (AvgIpc) is 3.01. The second kappa shape index (κ2) is 7.03. The van der Waals surface area contributed by atoms with Crippen LogP contribution in [0.1, 0.15) is 31.6 Å². The van der Waals surface area contributed by atoms with Gasteiger partial charge < -0.3 is 16.0 Å². The third-order valence-corrected chi connectivity index (χ3v) is 4.17. The summed E-state index contributed by atoms with van der Waals surface area (Å²) in [7, 11) is 0. The van der Waals surface area contributed by atoms with Gasteiger partial charge in [-0.3, -0.25) is 4.79 Å². The van der Waals surface area contributed by atoms with E-state index < -0.39 is 17.2 Å². The van der Waals surface area contributed by atoms with Crippen LogP contribution in [0.15, 0.2) is 23.1 Å². The molecule has 0 saturated carbocycles. The first-order valence-corrected chi connectivity index (χ1v) is 7.38. The van der Waals surface area contributed by atoms with E-state index in [2.05, 4.69) is 0 Å². The van der Waals surface area contributed by atoms with Gasteiger partial charge in [0.15, 0.2) is 0 Å². The molecule has 0 aliphatic carbocycles. The smallest absolute Gasteiger partial charge is 1.00 e. The number of rotatable bonds is 3. The summed E-state index contributed by atoms with van der Waals surface area (Å²) in [6.07, 6.45) is 3.38. The first kappa shape index (κ1) is 18.0. The van der Waals surface area contributed by atoms with Crippen LogP contribution in [0, 0.1) is 5.82 Å². The molecule has 1 aliphatic heterocycles. The molecule has 0 unspecified atom stereocenters. The Morgan fingerprint density at radius 2 is 2.00 bits per heavy atom. The number of aromatic nitrogens is 1. The molecule has 1 fully saturated rings. The van der Waals surface area contributed by atoms with E-state index in [1.165, 1.54) is 12.3 Å². The van der Waals surface area contributed by atoms with Crippen molar-refractivity contribution in [3.8, 4) is 0 Å². The van der Waals surface area contributed by atoms with E-state index in [9.17, 15) is 14.0 Å². The molecular weight excluding hydrogens is 310 g/mol. The van der Waals surface area contributed by atoms with Gasteiger partial charge in [-0.1, -0.05) is 0 Å². The maximum absolute atomic E-state index is 14.4. The summed E-state index contributed by atoms with van der Waals surface area (Å²) in [5, 5.41) is 9.24. The number of halogens is 1. The predicted molar refractivity (Wildman–Crippen MR) is 83.4 cm³/mol. The fourth-order valence-electron chi connectivity index (χ4n) is 3.01. The predicted octanol–water partition coefficient (Wildman–Crippen LogP) is -0.425. The molecule has 0 spiro atoms. The number of benzene rings is 1. The fourth-order valence-corrected chi connectivity index (χ4v) is 3.01. The summed E-state index contributed by atoms with van der Waals surface area (Å²) in [5.74, 6) is -1.77. The van der Waals surface area contributed by atoms with Gasteiger partial charge in [0.2, 0.25) is 5.43 Å². The van der Waals surface area contributed by atoms with Crippen molar-refractivity contribution in [2.24, 2.45) is 0 Å². The number of hydrogen-bond acceptors (Lipinski definition) is 3. The van der Waals surface area contributed by atoms with Gasteiger partial charge in [-0.2, -0.15) is 0 Å². The molecule has 1 saturated heterocycles. The Kier molecular flexibility index (Phi) is 5.49. The van der Waals surface area contributed by atoms with Crippen molar-refractivity contribution in [3.05, 3.63) is 39.9 Å². The molecule has 2 aromatic rings. The van der Waals surface area contributed by atoms with Crippen LogP contribution in [-0.2, 0) is 6.54 Å². The van der Waals surface area contributed by atoms with Crippen molar-refractivity contribution in [1.82, 2.24) is 4.57 Å². The van der Waals surface area contributed by atoms with Crippen molar-refractivity contribution in [2.75, 3.05) is 18.0 Å². The van der Waals surface area contributed by atoms with E-state index in [1.54, 1.807) is 10.6 Å². The number of aryl methyl sites for hydroxylation is 1. The molecule has 2 heterocycles. The summed E-state index contributed by atoms with van der Waals surface area (Å²) in [6.45, 7) is 3.95. The van der Waals surface area contributed by atoms with Gasteiger partial charge in [0.25, 0.3) is 0 Å². The zero-order valence-corrected chi connectivity index (χ0v) is 15.3. The van der Waals surface area contributed by atoms with E-state index in [-0.39, 0.29) is 41.9 Å². The Balaban J connectivity index is 0.00000144. The molecular formula is C16H18FN2NaO3. The number of pyridine rings is 1. The largest absolute Gasteiger partial charge is 1.00 e. The normalized spacial score (nSPS) is 14.1. The number of aromatic carboxylic acids is 1. The van der Waals surface area contributed by atoms with E-state index in [1.807, 2.05) is 11.8 Å². The zero-order chi connectivity index (χ0) is 15.9. The summed E-state index contributed by atoms with van der Waals surface area (Å²) >= 11 is 0. The van der Waals surface area contributed by atoms with E-state index >= 15 is 0 Å². The number of nitrogens with zero attached hydrogens (tertiary/aromatic N) is 2. The third-order valence-electron chi connectivity index (χ3n) is 4.17. The first-order valence-electron chi connectivity index (χ1n) is 7.38. The molecule has 0 radical (unpaired) electrons. The number of anilines is 1. The van der Waals surface area contributed by atoms with Gasteiger partial charge in [0.1, 0.15) is 11.4 Å². The van der Waals surface area contributed by atoms with Crippen molar-refractivity contribution >= 4 is 22.6 Å². The average molecular weight is 328 g/mol. The number of carbonyl (C=O) groups is 1. The topological polar surface area (TPSA) is 62.5 Å². The molecule has 1 aromatic heterocycles. The molecule has 1 N–H and O–H groups in total. The van der Waals surface area contributed by atoms with Crippen LogP contribution in [0.4, 0.5) is 10.1 Å². The maximum Gasteiger partial charge on any atom is 1.00 e. The minimum atomic E-state index is -1.29. The van der Waals surface area contributed by atoms with Gasteiger partial charge >= 0.3 is 35.5 Å². The van der Waals surface area contributed by atoms with Crippen molar-refractivity contribution in [2.45, 2.75) is 26.3 Å². The van der Waals surface area contributed by atoms with Gasteiger partial charge in [-0.05, 0) is 31.9 Å². The molecule has 1 aliphatic rings. The van der Waals surface area contributed by atoms with Crippen LogP contribution in [0.3, 0.4) is 0 Å². The number of carboxylic acid groups (broad SMARTS) is 1. The summed E-state index contributed by atoms with van der Waals surface area (Å²) < 4.78 is 16.1. The molecule has 118 valence electrons. The van der Waals surface area contributed by atoms with E-state index in [0.29, 0.717) is 17.7 Å². The molecule has 0 amide bonds. The van der Waals surface area contributed by atoms with Crippen molar-refractivity contribution in [3.63, 3.8) is 0 Å². The maximum atomic E-state index is 14.4. The van der Waals surface area contributed by atoms with Crippen molar-refractivity contribution < 1.29 is 45.3 Å². The second-order valence-corrected chi connectivity index (χ2v) is 5.48. The van der Waals surface area contributed by atoms with Gasteiger partial charge in [0.05, 0.1) is 11.2 Å². The van der Waals surface area contributed by atoms with Crippen LogP contribution in [0.25, 0.3) is 10.9 Å². The third kappa shape index (κ3) is 3.16. The van der Waals surface area contributed by atoms with Crippen molar-refractivity contribution in [1.29, 1.82) is 0 Å². The molecule has 5 nitrogen and oxygen atoms in total. The standard InChI is InChI=1S/C16H17FN2O3.Na.H/c1-2-18-9-11(16(21)22)15(20)10-7-12(17)14(8-13(10)18)19-5-3-4-6-19;;/h7-9H,2-6H2,1H3,(H,21,22);;/q;+1;-1. The minimum Gasteiger partial charge on any atom is -1.00 e. The number of carboxylic acids is 1. The van der Waals surface area contributed by atoms with E-state index in [0.717, 1.165) is 25.9 Å². The Morgan fingerprint density at radius 3 is 2.57 bits per heavy atom.